The van der Waals surface area contributed by atoms with E-state index in [4.69, 9.17) is 39.1 Å². The van der Waals surface area contributed by atoms with Crippen LogP contribution in [0.4, 0.5) is 22.6 Å². The van der Waals surface area contributed by atoms with E-state index in [9.17, 15) is 29.4 Å². The second kappa shape index (κ2) is 29.1. The quantitative estimate of drug-likeness (QED) is 0.0273. The molecule has 7 heterocycles. The van der Waals surface area contributed by atoms with Gasteiger partial charge in [-0.15, -0.1) is 21.5 Å². The van der Waals surface area contributed by atoms with Gasteiger partial charge in [0.05, 0.1) is 96.5 Å². The van der Waals surface area contributed by atoms with Gasteiger partial charge in [0.1, 0.15) is 17.9 Å². The predicted molar refractivity (Wildman–Crippen MR) is 378 cm³/mol. The highest BCUT2D eigenvalue weighted by atomic mass is 32.1. The highest BCUT2D eigenvalue weighted by Gasteiger charge is 2.66. The monoisotopic (exact) mass is 1380 g/mol. The summed E-state index contributed by atoms with van der Waals surface area (Å²) in [6.07, 6.45) is 9.07. The fraction of sp³-hybridized carbons (Fsp3) is 0.562. The number of carboxylic acids is 1. The number of likely N-dealkylation sites (tertiary alicyclic amines) is 1. The van der Waals surface area contributed by atoms with E-state index >= 15 is 0 Å². The van der Waals surface area contributed by atoms with Crippen LogP contribution < -0.4 is 20.9 Å². The number of aromatic carboxylic acids is 1. The molecule has 2 aliphatic heterocycles. The lowest BCUT2D eigenvalue weighted by Crippen LogP contribution is -2.64. The lowest BCUT2D eigenvalue weighted by molar-refractivity contribution is -0.248. The molecule has 2 unspecified atom stereocenters. The van der Waals surface area contributed by atoms with Gasteiger partial charge < -0.3 is 59.8 Å². The van der Waals surface area contributed by atoms with Crippen LogP contribution >= 0.6 is 22.7 Å². The van der Waals surface area contributed by atoms with Gasteiger partial charge in [0.25, 0.3) is 0 Å². The van der Waals surface area contributed by atoms with Crippen molar-refractivity contribution in [3.63, 3.8) is 0 Å². The van der Waals surface area contributed by atoms with Crippen molar-refractivity contribution in [1.29, 1.82) is 0 Å². The van der Waals surface area contributed by atoms with Crippen LogP contribution in [0.15, 0.2) is 72.4 Å². The molecule has 524 valence electrons. The number of amides is 3. The molecule has 2 aromatic carbocycles. The molecule has 13 rings (SSSR count). The van der Waals surface area contributed by atoms with E-state index in [0.717, 1.165) is 124 Å². The van der Waals surface area contributed by atoms with E-state index in [1.807, 2.05) is 126 Å². The topological polar surface area (TPSA) is 274 Å². The van der Waals surface area contributed by atoms with Crippen LogP contribution in [-0.4, -0.2) is 182 Å². The molecular weight excluding hydrogens is 1280 g/mol. The maximum atomic E-state index is 14.2. The predicted octanol–water partition coefficient (Wildman–Crippen LogP) is 10.8. The Hall–Kier alpha value is -7.36. The summed E-state index contributed by atoms with van der Waals surface area (Å²) in [5.41, 5.74) is 9.14. The average Bonchev–Trinajstić information content (AvgIpc) is 1.000. The number of rotatable bonds is 29. The molecule has 6 atom stereocenters. The Morgan fingerprint density at radius 1 is 0.827 bits per heavy atom. The van der Waals surface area contributed by atoms with Crippen molar-refractivity contribution in [2.75, 3.05) is 89.7 Å². The number of likely N-dealkylation sites (N-methyl/N-ethyl adjacent to an activating group) is 1. The minimum absolute atomic E-state index is 0.0132. The Morgan fingerprint density at radius 3 is 2.24 bits per heavy atom. The van der Waals surface area contributed by atoms with E-state index in [1.54, 1.807) is 22.7 Å². The highest BCUT2D eigenvalue weighted by molar-refractivity contribution is 7.22. The number of pyridine rings is 1. The Kier molecular flexibility index (Phi) is 20.9. The van der Waals surface area contributed by atoms with Crippen molar-refractivity contribution >= 4 is 79.2 Å². The molecule has 98 heavy (non-hydrogen) atoms. The zero-order chi connectivity index (χ0) is 69.3. The molecule has 4 saturated carbocycles. The van der Waals surface area contributed by atoms with Gasteiger partial charge >= 0.3 is 5.97 Å². The molecule has 7 aromatic rings. The smallest absolute Gasteiger partial charge is 0.355 e. The minimum atomic E-state index is -1.11. The van der Waals surface area contributed by atoms with Gasteiger partial charge in [0.15, 0.2) is 22.5 Å². The summed E-state index contributed by atoms with van der Waals surface area (Å²) in [5.74, 6) is -0.411. The molecule has 25 heteroatoms. The van der Waals surface area contributed by atoms with Crippen LogP contribution in [0.2, 0.25) is 0 Å². The van der Waals surface area contributed by atoms with Gasteiger partial charge in [0.2, 0.25) is 17.7 Å². The normalized spacial score (nSPS) is 23.3. The molecular formula is C73H95N13O10S2. The first-order chi connectivity index (χ1) is 46.8. The van der Waals surface area contributed by atoms with E-state index in [-0.39, 0.29) is 78.0 Å². The molecule has 5 aromatic heterocycles. The lowest BCUT2D eigenvalue weighted by Gasteiger charge is -2.69. The van der Waals surface area contributed by atoms with Crippen LogP contribution in [-0.2, 0) is 46.3 Å². The zero-order valence-corrected chi connectivity index (χ0v) is 59.9. The Morgan fingerprint density at radius 2 is 1.54 bits per heavy atom. The number of anilines is 4. The summed E-state index contributed by atoms with van der Waals surface area (Å²) in [5, 5.41) is 45.8. The number of para-hydroxylation sites is 1. The van der Waals surface area contributed by atoms with Gasteiger partial charge in [-0.05, 0) is 143 Å². The number of fused-ring (bicyclic) bond motifs is 2. The van der Waals surface area contributed by atoms with Crippen molar-refractivity contribution in [2.45, 2.75) is 163 Å². The maximum absolute atomic E-state index is 14.2. The molecule has 5 N–H and O–H groups in total. The third-order valence-corrected chi connectivity index (χ3v) is 22.5. The standard InChI is InChI=1S/C73H95N13O10S2/c1-45-52-14-13-24-84(64(52)82-81-63(45)80-68-77-55-15-11-12-16-57(55)98-68)58-22-21-53(60(78-58)67(91)92)54-35-75-86(48(54)4)43-72-38-70(8)37-71(9,39-72)41-73(40-70,42-72)96-29-26-83(10)25-28-94-31-33-95-32-30-93-27-23-59(88)79-62(69(5,6)7)66(90)85-36-51(87)34-56(85)65(89)76-46(2)49-17-19-50(20-18-49)61-47(3)74-44-97-61/h11-12,15-22,35,44,46,51,56,62,87H,13-14,23-34,36-43H2,1-10H3,(H,76,89)(H,79,88)(H,91,92)(H,77,80,81)/t46-,51+,56+,62+,70?,71?,72?,73?/m0/s1. The van der Waals surface area contributed by atoms with Crippen LogP contribution in [0.3, 0.4) is 0 Å². The highest BCUT2D eigenvalue weighted by Crippen LogP contribution is 2.72. The minimum Gasteiger partial charge on any atom is -0.476 e. The lowest BCUT2D eigenvalue weighted by atomic mass is 9.39. The van der Waals surface area contributed by atoms with Crippen LogP contribution in [0.25, 0.3) is 31.8 Å². The molecule has 1 saturated heterocycles. The summed E-state index contributed by atoms with van der Waals surface area (Å²) in [6, 6.07) is 17.5. The second-order valence-corrected chi connectivity index (χ2v) is 31.9. The zero-order valence-electron chi connectivity index (χ0n) is 58.2. The molecule has 4 aliphatic carbocycles. The van der Waals surface area contributed by atoms with Crippen molar-refractivity contribution < 1.29 is 48.3 Å². The first-order valence-electron chi connectivity index (χ1n) is 34.5. The number of thiazole rings is 2. The van der Waals surface area contributed by atoms with E-state index < -0.39 is 35.5 Å². The van der Waals surface area contributed by atoms with Crippen molar-refractivity contribution in [3.05, 3.63) is 106 Å². The van der Waals surface area contributed by atoms with Crippen molar-refractivity contribution in [1.82, 2.24) is 55.4 Å². The first kappa shape index (κ1) is 70.5. The van der Waals surface area contributed by atoms with Gasteiger partial charge in [0, 0.05) is 73.5 Å². The number of β-amino-alcohol motifs (C(OH)–C–C–N with tert-alkyl or cyclic N) is 1. The maximum Gasteiger partial charge on any atom is 0.355 e. The molecule has 0 spiro atoms. The van der Waals surface area contributed by atoms with Crippen LogP contribution in [0, 0.1) is 42.4 Å². The van der Waals surface area contributed by atoms with Crippen molar-refractivity contribution in [3.8, 4) is 21.6 Å². The summed E-state index contributed by atoms with van der Waals surface area (Å²) in [4.78, 5) is 75.0. The van der Waals surface area contributed by atoms with E-state index in [1.165, 1.54) is 11.3 Å². The number of benzene rings is 2. The number of hydrogen-bond acceptors (Lipinski definition) is 20. The Balaban J connectivity index is 0.558. The summed E-state index contributed by atoms with van der Waals surface area (Å²) >= 11 is 3.14. The van der Waals surface area contributed by atoms with Gasteiger partial charge in [-0.3, -0.25) is 19.1 Å². The summed E-state index contributed by atoms with van der Waals surface area (Å²) in [6.45, 7) is 24.0. The number of hydrogen-bond donors (Lipinski definition) is 5. The molecule has 23 nitrogen and oxygen atoms in total. The molecule has 0 radical (unpaired) electrons. The summed E-state index contributed by atoms with van der Waals surface area (Å²) < 4.78 is 27.7. The number of nitrogens with zero attached hydrogens (tertiary/aromatic N) is 10. The number of aryl methyl sites for hydroxylation is 1. The third-order valence-electron chi connectivity index (χ3n) is 20.6. The van der Waals surface area contributed by atoms with Gasteiger partial charge in [-0.25, -0.2) is 19.7 Å². The third kappa shape index (κ3) is 15.6. The molecule has 5 fully saturated rings. The van der Waals surface area contributed by atoms with Gasteiger partial charge in [-0.2, -0.15) is 5.10 Å². The van der Waals surface area contributed by atoms with Crippen molar-refractivity contribution in [2.24, 2.45) is 21.7 Å². The molecule has 6 aliphatic rings. The van der Waals surface area contributed by atoms with Crippen LogP contribution in [0.1, 0.15) is 144 Å². The number of ether oxygens (including phenoxy) is 4. The second-order valence-electron chi connectivity index (χ2n) is 30.0. The average molecular weight is 1380 g/mol. The first-order valence-corrected chi connectivity index (χ1v) is 36.2. The number of aliphatic hydroxyl groups is 1. The van der Waals surface area contributed by atoms with E-state index in [2.05, 4.69) is 56.5 Å². The number of carbonyl (C=O) groups excluding carboxylic acids is 3. The Bertz CT molecular complexity index is 3990. The number of aromatic nitrogens is 7. The SMILES string of the molecule is Cc1ncsc1-c1ccc([C@H](C)NC(=O)[C@H]2C[C@@H](O)CN2C(=O)[C@@H](NC(=O)CCOCCOCCOCCN(C)CCOC23CC4(C)CC(C)(CC(Cn5ncc(-c6ccc(N7CCCc8c7nnc(Nc7nc9ccccc9s7)c8C)nc6C(=O)O)c5C)(C4)C2)C3)C(C)(C)C)cc1. The Labute approximate surface area is 581 Å². The fourth-order valence-electron chi connectivity index (χ4n) is 17.0. The van der Waals surface area contributed by atoms with Crippen LogP contribution in [0.5, 0.6) is 0 Å². The molecule has 4 bridgehead atoms. The number of carboxylic acid groups (broad SMARTS) is 1. The summed E-state index contributed by atoms with van der Waals surface area (Å²) in [7, 11) is 2.09. The largest absolute Gasteiger partial charge is 0.476 e. The van der Waals surface area contributed by atoms with Gasteiger partial charge in [-0.1, -0.05) is 82.4 Å². The number of carbonyl (C=O) groups is 4. The number of aliphatic hydroxyl groups excluding tert-OH is 1. The van der Waals surface area contributed by atoms with E-state index in [0.29, 0.717) is 62.6 Å². The number of nitrogens with one attached hydrogen (secondary N) is 3. The fourth-order valence-corrected chi connectivity index (χ4v) is 18.6. The molecule has 3 amide bonds.